The van der Waals surface area contributed by atoms with Crippen LogP contribution in [0.1, 0.15) is 45.0 Å². The molecule has 1 aromatic heterocycles. The van der Waals surface area contributed by atoms with Crippen molar-refractivity contribution in [2.75, 3.05) is 19.6 Å². The molecule has 4 nitrogen and oxygen atoms in total. The highest BCUT2D eigenvalue weighted by atomic mass is 35.5. The molecule has 2 N–H and O–H groups in total. The Bertz CT molecular complexity index is 376. The highest BCUT2D eigenvalue weighted by Crippen LogP contribution is 2.23. The van der Waals surface area contributed by atoms with Crippen LogP contribution in [0.5, 0.6) is 0 Å². The third kappa shape index (κ3) is 4.48. The molecule has 0 saturated carbocycles. The molecule has 0 radical (unpaired) electrons. The monoisotopic (exact) mass is 286 g/mol. The number of aromatic nitrogens is 2. The maximum absolute atomic E-state index is 6.45. The van der Waals surface area contributed by atoms with Gasteiger partial charge in [0, 0.05) is 26.2 Å². The summed E-state index contributed by atoms with van der Waals surface area (Å²) in [5, 5.41) is 5.40. The van der Waals surface area contributed by atoms with Crippen LogP contribution in [-0.4, -0.2) is 34.3 Å². The zero-order valence-electron chi connectivity index (χ0n) is 12.5. The van der Waals surface area contributed by atoms with Crippen LogP contribution in [0.3, 0.4) is 0 Å². The number of unbranched alkanes of at least 4 members (excludes halogenated alkanes) is 1. The van der Waals surface area contributed by atoms with Gasteiger partial charge in [-0.2, -0.15) is 5.10 Å². The van der Waals surface area contributed by atoms with Crippen LogP contribution in [-0.2, 0) is 19.5 Å². The Labute approximate surface area is 121 Å². The van der Waals surface area contributed by atoms with Gasteiger partial charge in [0.1, 0.15) is 0 Å². The second kappa shape index (κ2) is 8.56. The summed E-state index contributed by atoms with van der Waals surface area (Å²) in [5.74, 6) is 0. The number of aryl methyl sites for hydroxylation is 2. The van der Waals surface area contributed by atoms with Gasteiger partial charge in [0.25, 0.3) is 0 Å². The molecule has 0 aliphatic heterocycles. The van der Waals surface area contributed by atoms with Crippen LogP contribution in [0, 0.1) is 0 Å². The first-order valence-corrected chi connectivity index (χ1v) is 7.72. The first-order chi connectivity index (χ1) is 9.17. The topological polar surface area (TPSA) is 47.1 Å². The molecule has 19 heavy (non-hydrogen) atoms. The molecule has 0 aliphatic carbocycles. The smallest absolute Gasteiger partial charge is 0.0863 e. The van der Waals surface area contributed by atoms with Crippen LogP contribution >= 0.6 is 11.6 Å². The number of hydrogen-bond donors (Lipinski definition) is 1. The van der Waals surface area contributed by atoms with Gasteiger partial charge in [0.05, 0.1) is 16.4 Å². The highest BCUT2D eigenvalue weighted by molar-refractivity contribution is 6.31. The van der Waals surface area contributed by atoms with Crippen molar-refractivity contribution >= 4 is 11.6 Å². The normalized spacial score (nSPS) is 11.5. The van der Waals surface area contributed by atoms with Gasteiger partial charge in [-0.05, 0) is 26.3 Å². The van der Waals surface area contributed by atoms with E-state index in [1.807, 2.05) is 4.68 Å². The summed E-state index contributed by atoms with van der Waals surface area (Å²) in [5.41, 5.74) is 7.83. The minimum atomic E-state index is 0.683. The molecule has 1 rings (SSSR count). The lowest BCUT2D eigenvalue weighted by atomic mass is 10.2. The largest absolute Gasteiger partial charge is 0.329 e. The lowest BCUT2D eigenvalue weighted by molar-refractivity contribution is 0.260. The molecular weight excluding hydrogens is 260 g/mol. The van der Waals surface area contributed by atoms with E-state index in [0.717, 1.165) is 49.0 Å². The lowest BCUT2D eigenvalue weighted by Crippen LogP contribution is -2.31. The molecule has 0 spiro atoms. The highest BCUT2D eigenvalue weighted by Gasteiger charge is 2.16. The fourth-order valence-electron chi connectivity index (χ4n) is 2.21. The van der Waals surface area contributed by atoms with E-state index in [2.05, 4.69) is 30.8 Å². The van der Waals surface area contributed by atoms with Crippen LogP contribution < -0.4 is 5.73 Å². The van der Waals surface area contributed by atoms with E-state index in [9.17, 15) is 0 Å². The van der Waals surface area contributed by atoms with Crippen molar-refractivity contribution in [3.8, 4) is 0 Å². The van der Waals surface area contributed by atoms with E-state index in [1.165, 1.54) is 12.8 Å². The number of hydrogen-bond acceptors (Lipinski definition) is 3. The van der Waals surface area contributed by atoms with Gasteiger partial charge < -0.3 is 5.73 Å². The third-order valence-corrected chi connectivity index (χ3v) is 3.78. The quantitative estimate of drug-likeness (QED) is 0.759. The molecule has 110 valence electrons. The predicted molar refractivity (Wildman–Crippen MR) is 81.5 cm³/mol. The molecule has 1 heterocycles. The summed E-state index contributed by atoms with van der Waals surface area (Å²) in [6.45, 7) is 10.8. The minimum absolute atomic E-state index is 0.683. The van der Waals surface area contributed by atoms with Crippen molar-refractivity contribution in [2.24, 2.45) is 5.73 Å². The molecule has 1 aromatic rings. The molecule has 0 aliphatic rings. The van der Waals surface area contributed by atoms with E-state index in [0.29, 0.717) is 6.54 Å². The van der Waals surface area contributed by atoms with Gasteiger partial charge in [-0.3, -0.25) is 9.58 Å². The van der Waals surface area contributed by atoms with Crippen LogP contribution in [0.25, 0.3) is 0 Å². The van der Waals surface area contributed by atoms with Crippen molar-refractivity contribution in [3.05, 3.63) is 16.4 Å². The van der Waals surface area contributed by atoms with E-state index < -0.39 is 0 Å². The fourth-order valence-corrected chi connectivity index (χ4v) is 2.54. The number of rotatable bonds is 9. The van der Waals surface area contributed by atoms with E-state index in [1.54, 1.807) is 0 Å². The van der Waals surface area contributed by atoms with Gasteiger partial charge in [-0.1, -0.05) is 31.9 Å². The summed E-state index contributed by atoms with van der Waals surface area (Å²) >= 11 is 6.45. The molecular formula is C14H27ClN4. The maximum atomic E-state index is 6.45. The molecule has 0 bridgehead atoms. The Morgan fingerprint density at radius 2 is 2.00 bits per heavy atom. The molecule has 0 fully saturated rings. The minimum Gasteiger partial charge on any atom is -0.329 e. The third-order valence-electron chi connectivity index (χ3n) is 3.34. The number of nitrogens with zero attached hydrogens (tertiary/aromatic N) is 3. The Kier molecular flexibility index (Phi) is 7.42. The van der Waals surface area contributed by atoms with Crippen LogP contribution in [0.4, 0.5) is 0 Å². The Morgan fingerprint density at radius 1 is 1.26 bits per heavy atom. The SMILES string of the molecule is CCCCN(CCN)Cc1c(Cl)c(CC)nn1CC. The zero-order chi connectivity index (χ0) is 14.3. The van der Waals surface area contributed by atoms with Crippen molar-refractivity contribution in [1.82, 2.24) is 14.7 Å². The van der Waals surface area contributed by atoms with Gasteiger partial charge in [0.2, 0.25) is 0 Å². The average molecular weight is 287 g/mol. The molecule has 0 atom stereocenters. The van der Waals surface area contributed by atoms with E-state index in [4.69, 9.17) is 17.3 Å². The Morgan fingerprint density at radius 3 is 2.53 bits per heavy atom. The molecule has 5 heteroatoms. The Hall–Kier alpha value is -0.580. The maximum Gasteiger partial charge on any atom is 0.0863 e. The Balaban J connectivity index is 2.84. The number of nitrogens with two attached hydrogens (primary N) is 1. The standard InChI is InChI=1S/C14H27ClN4/c1-4-7-9-18(10-8-16)11-13-14(15)12(5-2)17-19(13)6-3/h4-11,16H2,1-3H3. The summed E-state index contributed by atoms with van der Waals surface area (Å²) in [7, 11) is 0. The van der Waals surface area contributed by atoms with Crippen LogP contribution in [0.2, 0.25) is 5.02 Å². The van der Waals surface area contributed by atoms with Gasteiger partial charge in [-0.15, -0.1) is 0 Å². The fraction of sp³-hybridized carbons (Fsp3) is 0.786. The lowest BCUT2D eigenvalue weighted by Gasteiger charge is -2.21. The average Bonchev–Trinajstić information content (AvgIpc) is 2.72. The molecule has 0 amide bonds. The van der Waals surface area contributed by atoms with Crippen LogP contribution in [0.15, 0.2) is 0 Å². The van der Waals surface area contributed by atoms with E-state index in [-0.39, 0.29) is 0 Å². The second-order valence-electron chi connectivity index (χ2n) is 4.80. The number of halogens is 1. The second-order valence-corrected chi connectivity index (χ2v) is 5.17. The van der Waals surface area contributed by atoms with Gasteiger partial charge in [-0.25, -0.2) is 0 Å². The van der Waals surface area contributed by atoms with Crippen molar-refractivity contribution in [3.63, 3.8) is 0 Å². The first-order valence-electron chi connectivity index (χ1n) is 7.34. The van der Waals surface area contributed by atoms with Crippen molar-refractivity contribution in [2.45, 2.75) is 53.1 Å². The van der Waals surface area contributed by atoms with Crippen molar-refractivity contribution in [1.29, 1.82) is 0 Å². The predicted octanol–water partition coefficient (Wildman–Crippen LogP) is 2.68. The van der Waals surface area contributed by atoms with Gasteiger partial charge in [0.15, 0.2) is 0 Å². The van der Waals surface area contributed by atoms with Crippen molar-refractivity contribution < 1.29 is 0 Å². The summed E-state index contributed by atoms with van der Waals surface area (Å²) in [6.07, 6.45) is 3.27. The zero-order valence-corrected chi connectivity index (χ0v) is 13.2. The summed E-state index contributed by atoms with van der Waals surface area (Å²) < 4.78 is 2.02. The molecule has 0 aromatic carbocycles. The van der Waals surface area contributed by atoms with Gasteiger partial charge >= 0.3 is 0 Å². The van der Waals surface area contributed by atoms with E-state index >= 15 is 0 Å². The molecule has 0 unspecified atom stereocenters. The summed E-state index contributed by atoms with van der Waals surface area (Å²) in [6, 6.07) is 0. The molecule has 0 saturated heterocycles. The summed E-state index contributed by atoms with van der Waals surface area (Å²) in [4.78, 5) is 2.37. The first kappa shape index (κ1) is 16.5.